The minimum atomic E-state index is 0.0742. The Labute approximate surface area is 833 Å². The highest BCUT2D eigenvalue weighted by Crippen LogP contribution is 2.59. The van der Waals surface area contributed by atoms with Gasteiger partial charge in [0.15, 0.2) is 5.78 Å². The van der Waals surface area contributed by atoms with E-state index in [0.29, 0.717) is 0 Å². The van der Waals surface area contributed by atoms with Crippen LogP contribution in [0.4, 0.5) is 0 Å². The number of Topliss-reactive ketones (excluding diaryl/α,β-unsaturated/α-hetero) is 1. The number of benzene rings is 22. The van der Waals surface area contributed by atoms with Crippen molar-refractivity contribution in [3.05, 3.63) is 627 Å². The van der Waals surface area contributed by atoms with Crippen molar-refractivity contribution >= 4 is 28.1 Å². The van der Waals surface area contributed by atoms with Crippen LogP contribution in [0.25, 0.3) is 178 Å². The summed E-state index contributed by atoms with van der Waals surface area (Å²) < 4.78 is 0. The molecular weight excluding hydrogens is 1710 g/mol. The lowest BCUT2D eigenvalue weighted by Gasteiger charge is -2.29. The van der Waals surface area contributed by atoms with E-state index in [-0.39, 0.29) is 5.78 Å². The molecule has 0 aliphatic heterocycles. The molecule has 0 aromatic heterocycles. The Morgan fingerprint density at radius 2 is 0.197 bits per heavy atom. The number of carbonyl (C=O) groups is 1. The van der Waals surface area contributed by atoms with Crippen LogP contribution in [0.5, 0.6) is 0 Å². The van der Waals surface area contributed by atoms with Crippen LogP contribution in [0, 0.1) is 23.7 Å². The summed E-state index contributed by atoms with van der Waals surface area (Å²) in [7, 11) is 0. The van der Waals surface area contributed by atoms with Crippen molar-refractivity contribution in [2.24, 2.45) is 0 Å². The van der Waals surface area contributed by atoms with Crippen molar-refractivity contribution < 1.29 is 4.79 Å². The maximum atomic E-state index is 14.0. The monoisotopic (exact) mass is 1800 g/mol. The lowest BCUT2D eigenvalue weighted by molar-refractivity contribution is -0.108. The van der Waals surface area contributed by atoms with Crippen LogP contribution in [0.2, 0.25) is 0 Å². The zero-order valence-corrected chi connectivity index (χ0v) is 78.3. The minimum Gasteiger partial charge on any atom is -0.289 e. The van der Waals surface area contributed by atoms with E-state index in [0.717, 1.165) is 134 Å². The summed E-state index contributed by atoms with van der Waals surface area (Å²) in [6.45, 7) is 0. The van der Waals surface area contributed by atoms with E-state index in [4.69, 9.17) is 0 Å². The molecule has 22 aromatic rings. The van der Waals surface area contributed by atoms with Crippen LogP contribution in [0.15, 0.2) is 582 Å². The van der Waals surface area contributed by atoms with E-state index >= 15 is 0 Å². The molecule has 142 heavy (non-hydrogen) atoms. The van der Waals surface area contributed by atoms with Crippen LogP contribution >= 0.6 is 0 Å². The Morgan fingerprint density at radius 1 is 0.0915 bits per heavy atom. The van der Waals surface area contributed by atoms with Gasteiger partial charge < -0.3 is 0 Å². The summed E-state index contributed by atoms with van der Waals surface area (Å²) in [5.74, 6) is 12.9. The molecule has 1 aliphatic carbocycles. The molecule has 0 saturated carbocycles. The van der Waals surface area contributed by atoms with E-state index in [9.17, 15) is 4.79 Å². The van der Waals surface area contributed by atoms with Gasteiger partial charge in [-0.05, 0) is 227 Å². The van der Waals surface area contributed by atoms with Crippen molar-refractivity contribution in [1.82, 2.24) is 0 Å². The third-order valence-electron chi connectivity index (χ3n) is 26.1. The summed E-state index contributed by atoms with van der Waals surface area (Å²) in [6.07, 6.45) is 0. The second-order valence-electron chi connectivity index (χ2n) is 35.0. The quantitative estimate of drug-likeness (QED) is 0.0783. The van der Waals surface area contributed by atoms with Gasteiger partial charge in [-0.2, -0.15) is 0 Å². The molecule has 22 aromatic carbocycles. The summed E-state index contributed by atoms with van der Waals surface area (Å²) in [5, 5.41) is 0. The maximum Gasteiger partial charge on any atom is 0.195 e. The van der Waals surface area contributed by atoms with Crippen LogP contribution in [0.3, 0.4) is 0 Å². The summed E-state index contributed by atoms with van der Waals surface area (Å²) >= 11 is 0. The van der Waals surface area contributed by atoms with Crippen LogP contribution in [-0.2, 0) is 4.79 Å². The molecule has 0 fully saturated rings. The molecule has 0 atom stereocenters. The lowest BCUT2D eigenvalue weighted by atomic mass is 9.74. The normalized spacial score (nSPS) is 11.4. The van der Waals surface area contributed by atoms with E-state index in [2.05, 4.69) is 448 Å². The highest BCUT2D eigenvalue weighted by molar-refractivity contribution is 6.59. The largest absolute Gasteiger partial charge is 0.289 e. The van der Waals surface area contributed by atoms with Crippen molar-refractivity contribution in [2.75, 3.05) is 0 Å². The predicted octanol–water partition coefficient (Wildman–Crippen LogP) is 36.3. The van der Waals surface area contributed by atoms with Crippen molar-refractivity contribution in [1.29, 1.82) is 0 Å². The third-order valence-corrected chi connectivity index (χ3v) is 26.1. The number of hydrogen-bond acceptors (Lipinski definition) is 1. The van der Waals surface area contributed by atoms with Crippen LogP contribution in [-0.4, -0.2) is 5.78 Å². The molecule has 1 nitrogen and oxygen atoms in total. The van der Waals surface area contributed by atoms with Gasteiger partial charge >= 0.3 is 0 Å². The molecule has 1 aliphatic rings. The first-order valence-electron chi connectivity index (χ1n) is 48.3. The number of rotatable bonds is 18. The van der Waals surface area contributed by atoms with E-state index in [1.165, 1.54) is 89.0 Å². The Balaban J connectivity index is 0.000000166. The smallest absolute Gasteiger partial charge is 0.195 e. The van der Waals surface area contributed by atoms with Gasteiger partial charge in [0, 0.05) is 44.5 Å². The Bertz CT molecular complexity index is 7590. The number of carbonyl (C=O) groups excluding carboxylic acids is 1. The summed E-state index contributed by atoms with van der Waals surface area (Å²) in [5.41, 5.74) is 44.5. The van der Waals surface area contributed by atoms with Crippen LogP contribution < -0.4 is 0 Å². The first kappa shape index (κ1) is 89.6. The SMILES string of the molecule is C(#Cc1ccc(-c2ccc(C#Cc3ccccc3)cc2)cc1)c1ccccc1.O=C1C(c2ccccc2)=C(c2ccccc2)C(c2ccccc2)=C1c1ccccc1.c1ccc(-c2c(-c3ccccc3)c(-c3ccccc3)c(-c3ccc(-c4ccc(-c5c(-c6ccccc6)c(-c6ccccc6)c(-c6ccccc6)c(-c6ccccc6)c5-c5ccccc5)cc4)cc3)c(-c3ccccc3)c2-c2ccccc2)cc1. The minimum absolute atomic E-state index is 0.0742. The van der Waals surface area contributed by atoms with Gasteiger partial charge in [-0.15, -0.1) is 0 Å². The first-order valence-corrected chi connectivity index (χ1v) is 48.3. The summed E-state index contributed by atoms with van der Waals surface area (Å²) in [4.78, 5) is 14.0. The molecule has 0 heterocycles. The standard InChI is InChI=1S/C84H58.C29H20O.C28H18/c1-11-31-61(32-12-1)73-75(63-35-15-3-16-36-63)79(67-43-23-7-24-44-67)83(80(68-45-25-8-26-46-68)76(73)64-37-17-4-18-38-64)71-55-51-59(52-56-71)60-53-57-72(58-54-60)84-81(69-47-27-9-28-48-69)77(65-39-19-5-20-40-65)74(62-33-13-2-14-34-62)78(66-41-21-6-22-42-66)82(84)70-49-29-10-30-50-70;30-29-27(23-17-9-3-10-18-23)25(21-13-5-1-6-14-21)26(22-15-7-2-8-16-22)28(29)24-19-11-4-12-20-24;1-3-7-23(8-4-1)11-13-25-15-19-27(20-16-25)28-21-17-26(18-22-28)14-12-24-9-5-2-6-10-24/h1-58H;1-20H;1-10,15-22H. The summed E-state index contributed by atoms with van der Waals surface area (Å²) in [6, 6.07) is 206. The van der Waals surface area contributed by atoms with Gasteiger partial charge in [0.25, 0.3) is 0 Å². The van der Waals surface area contributed by atoms with Gasteiger partial charge in [0.05, 0.1) is 0 Å². The van der Waals surface area contributed by atoms with E-state index in [1.54, 1.807) is 0 Å². The molecule has 0 spiro atoms. The first-order chi connectivity index (χ1) is 70.5. The number of allylic oxidation sites excluding steroid dienone is 4. The number of ketones is 1. The molecule has 0 N–H and O–H groups in total. The zero-order chi connectivity index (χ0) is 95.4. The molecule has 23 rings (SSSR count). The molecule has 0 radical (unpaired) electrons. The van der Waals surface area contributed by atoms with Gasteiger partial charge in [-0.25, -0.2) is 0 Å². The zero-order valence-electron chi connectivity index (χ0n) is 78.3. The fourth-order valence-corrected chi connectivity index (χ4v) is 19.6. The average Bonchev–Trinajstić information content (AvgIpc) is 0.886. The highest BCUT2D eigenvalue weighted by atomic mass is 16.1. The lowest BCUT2D eigenvalue weighted by Crippen LogP contribution is -2.02. The molecule has 0 bridgehead atoms. The Hall–Kier alpha value is -18.9. The molecule has 0 saturated heterocycles. The topological polar surface area (TPSA) is 17.1 Å². The number of hydrogen-bond donors (Lipinski definition) is 0. The molecule has 666 valence electrons. The molecule has 0 amide bonds. The Morgan fingerprint density at radius 3 is 0.352 bits per heavy atom. The third kappa shape index (κ3) is 19.5. The second-order valence-corrected chi connectivity index (χ2v) is 35.0. The van der Waals surface area contributed by atoms with Crippen LogP contribution in [0.1, 0.15) is 44.5 Å². The molecular formula is C141H96O. The highest BCUT2D eigenvalue weighted by Gasteiger charge is 2.37. The van der Waals surface area contributed by atoms with Gasteiger partial charge in [-0.1, -0.05) is 558 Å². The average molecular weight is 1810 g/mol. The molecule has 0 unspecified atom stereocenters. The van der Waals surface area contributed by atoms with Crippen molar-refractivity contribution in [3.63, 3.8) is 0 Å². The van der Waals surface area contributed by atoms with E-state index in [1.807, 2.05) is 158 Å². The fraction of sp³-hybridized carbons (Fsp3) is 0. The second kappa shape index (κ2) is 43.0. The van der Waals surface area contributed by atoms with Gasteiger partial charge in [0.2, 0.25) is 0 Å². The van der Waals surface area contributed by atoms with Crippen molar-refractivity contribution in [3.8, 4) is 179 Å². The van der Waals surface area contributed by atoms with Crippen molar-refractivity contribution in [2.45, 2.75) is 0 Å². The van der Waals surface area contributed by atoms with Gasteiger partial charge in [0.1, 0.15) is 0 Å². The predicted molar refractivity (Wildman–Crippen MR) is 598 cm³/mol. The maximum absolute atomic E-state index is 14.0. The molecule has 1 heteroatoms. The Kier molecular flexibility index (Phi) is 27.1. The fourth-order valence-electron chi connectivity index (χ4n) is 19.6. The van der Waals surface area contributed by atoms with Gasteiger partial charge in [-0.3, -0.25) is 4.79 Å². The van der Waals surface area contributed by atoms with E-state index < -0.39 is 0 Å².